The topological polar surface area (TPSA) is 50.1 Å². The van der Waals surface area contributed by atoms with E-state index in [1.54, 1.807) is 0 Å². The van der Waals surface area contributed by atoms with Crippen molar-refractivity contribution in [1.82, 2.24) is 24.6 Å². The van der Waals surface area contributed by atoms with Gasteiger partial charge in [0.05, 0.1) is 6.54 Å². The standard InChI is InChI=1S/C20H26N6/c1-24(2)14-18-22-23-19(25(18)3)16-8-6-12-26(13-16)20-17-9-5-4-7-15(17)10-11-21-20/h4-5,7,9-11,16H,6,8,12-14H2,1-3H3/t16-/m1/s1. The molecule has 0 saturated carbocycles. The Hall–Kier alpha value is -2.47. The second-order valence-electron chi connectivity index (χ2n) is 7.41. The highest BCUT2D eigenvalue weighted by atomic mass is 15.3. The summed E-state index contributed by atoms with van der Waals surface area (Å²) < 4.78 is 2.17. The van der Waals surface area contributed by atoms with Gasteiger partial charge in [-0.05, 0) is 38.4 Å². The summed E-state index contributed by atoms with van der Waals surface area (Å²) in [5, 5.41) is 11.4. The van der Waals surface area contributed by atoms with Crippen LogP contribution in [0.15, 0.2) is 36.5 Å². The van der Waals surface area contributed by atoms with Crippen molar-refractivity contribution in [2.75, 3.05) is 32.1 Å². The van der Waals surface area contributed by atoms with Crippen LogP contribution in [0.4, 0.5) is 5.82 Å². The summed E-state index contributed by atoms with van der Waals surface area (Å²) in [6.07, 6.45) is 4.21. The van der Waals surface area contributed by atoms with Gasteiger partial charge in [-0.25, -0.2) is 4.98 Å². The Morgan fingerprint density at radius 3 is 2.85 bits per heavy atom. The summed E-state index contributed by atoms with van der Waals surface area (Å²) in [4.78, 5) is 9.24. The van der Waals surface area contributed by atoms with E-state index in [1.807, 2.05) is 6.20 Å². The van der Waals surface area contributed by atoms with Crippen LogP contribution < -0.4 is 4.90 Å². The maximum absolute atomic E-state index is 4.70. The zero-order valence-corrected chi connectivity index (χ0v) is 15.8. The third-order valence-corrected chi connectivity index (χ3v) is 5.20. The molecule has 3 aromatic rings. The first-order valence-electron chi connectivity index (χ1n) is 9.25. The Morgan fingerprint density at radius 1 is 1.15 bits per heavy atom. The van der Waals surface area contributed by atoms with E-state index in [4.69, 9.17) is 4.98 Å². The number of rotatable bonds is 4. The largest absolute Gasteiger partial charge is 0.355 e. The molecule has 1 fully saturated rings. The molecule has 1 aromatic carbocycles. The first-order chi connectivity index (χ1) is 12.6. The van der Waals surface area contributed by atoms with E-state index in [1.165, 1.54) is 10.8 Å². The maximum atomic E-state index is 4.70. The highest BCUT2D eigenvalue weighted by Crippen LogP contribution is 2.31. The Balaban J connectivity index is 1.61. The van der Waals surface area contributed by atoms with Crippen molar-refractivity contribution in [2.45, 2.75) is 25.3 Å². The Labute approximate surface area is 154 Å². The highest BCUT2D eigenvalue weighted by molar-refractivity contribution is 5.92. The lowest BCUT2D eigenvalue weighted by Crippen LogP contribution is -2.36. The predicted molar refractivity (Wildman–Crippen MR) is 104 cm³/mol. The lowest BCUT2D eigenvalue weighted by atomic mass is 9.96. The average molecular weight is 350 g/mol. The van der Waals surface area contributed by atoms with Crippen molar-refractivity contribution in [3.8, 4) is 0 Å². The number of aromatic nitrogens is 4. The van der Waals surface area contributed by atoms with E-state index < -0.39 is 0 Å². The molecule has 1 saturated heterocycles. The van der Waals surface area contributed by atoms with E-state index in [-0.39, 0.29) is 0 Å². The predicted octanol–water partition coefficient (Wildman–Crippen LogP) is 2.81. The van der Waals surface area contributed by atoms with Gasteiger partial charge in [0.2, 0.25) is 0 Å². The summed E-state index contributed by atoms with van der Waals surface area (Å²) >= 11 is 0. The van der Waals surface area contributed by atoms with Crippen LogP contribution in [0.1, 0.15) is 30.4 Å². The Bertz CT molecular complexity index is 895. The second kappa shape index (κ2) is 7.03. The molecule has 6 nitrogen and oxygen atoms in total. The summed E-state index contributed by atoms with van der Waals surface area (Å²) in [6, 6.07) is 10.6. The van der Waals surface area contributed by atoms with Gasteiger partial charge in [0.25, 0.3) is 0 Å². The zero-order chi connectivity index (χ0) is 18.1. The van der Waals surface area contributed by atoms with Gasteiger partial charge in [-0.15, -0.1) is 10.2 Å². The van der Waals surface area contributed by atoms with Gasteiger partial charge in [0.1, 0.15) is 17.5 Å². The Kier molecular flexibility index (Phi) is 4.59. The van der Waals surface area contributed by atoms with Crippen molar-refractivity contribution in [3.63, 3.8) is 0 Å². The van der Waals surface area contributed by atoms with Gasteiger partial charge in [-0.2, -0.15) is 0 Å². The van der Waals surface area contributed by atoms with E-state index in [2.05, 4.69) is 76.0 Å². The molecule has 2 aromatic heterocycles. The molecule has 1 atom stereocenters. The molecule has 4 rings (SSSR count). The van der Waals surface area contributed by atoms with E-state index in [0.29, 0.717) is 5.92 Å². The van der Waals surface area contributed by atoms with Gasteiger partial charge in [-0.1, -0.05) is 24.3 Å². The van der Waals surface area contributed by atoms with Crippen LogP contribution in [0.5, 0.6) is 0 Å². The fourth-order valence-electron chi connectivity index (χ4n) is 3.89. The molecule has 3 heterocycles. The summed E-state index contributed by atoms with van der Waals surface area (Å²) in [6.45, 7) is 2.79. The fourth-order valence-corrected chi connectivity index (χ4v) is 3.89. The number of pyridine rings is 1. The summed E-state index contributed by atoms with van der Waals surface area (Å²) in [5.74, 6) is 3.58. The van der Waals surface area contributed by atoms with Crippen LogP contribution in [-0.4, -0.2) is 51.8 Å². The van der Waals surface area contributed by atoms with Gasteiger partial charge >= 0.3 is 0 Å². The molecule has 0 aliphatic carbocycles. The molecular formula is C20H26N6. The van der Waals surface area contributed by atoms with Gasteiger partial charge in [-0.3, -0.25) is 0 Å². The smallest absolute Gasteiger partial charge is 0.146 e. The highest BCUT2D eigenvalue weighted by Gasteiger charge is 2.27. The van der Waals surface area contributed by atoms with Crippen LogP contribution >= 0.6 is 0 Å². The molecule has 136 valence electrons. The molecule has 0 amide bonds. The molecular weight excluding hydrogens is 324 g/mol. The molecule has 6 heteroatoms. The molecule has 0 radical (unpaired) electrons. The fraction of sp³-hybridized carbons (Fsp3) is 0.450. The van der Waals surface area contributed by atoms with Crippen LogP contribution in [-0.2, 0) is 13.6 Å². The number of anilines is 1. The number of fused-ring (bicyclic) bond motifs is 1. The van der Waals surface area contributed by atoms with Gasteiger partial charge < -0.3 is 14.4 Å². The van der Waals surface area contributed by atoms with Crippen molar-refractivity contribution in [2.24, 2.45) is 7.05 Å². The maximum Gasteiger partial charge on any atom is 0.146 e. The van der Waals surface area contributed by atoms with Gasteiger partial charge in [0.15, 0.2) is 0 Å². The Morgan fingerprint density at radius 2 is 2.00 bits per heavy atom. The van der Waals surface area contributed by atoms with E-state index in [0.717, 1.165) is 49.9 Å². The average Bonchev–Trinajstić information content (AvgIpc) is 3.01. The first-order valence-corrected chi connectivity index (χ1v) is 9.25. The first kappa shape index (κ1) is 17.0. The molecule has 1 aliphatic rings. The van der Waals surface area contributed by atoms with Crippen LogP contribution in [0.25, 0.3) is 10.8 Å². The molecule has 0 bridgehead atoms. The minimum Gasteiger partial charge on any atom is -0.355 e. The number of nitrogens with zero attached hydrogens (tertiary/aromatic N) is 6. The normalized spacial score (nSPS) is 18.0. The van der Waals surface area contributed by atoms with Crippen LogP contribution in [0, 0.1) is 0 Å². The third kappa shape index (κ3) is 3.17. The van der Waals surface area contributed by atoms with E-state index >= 15 is 0 Å². The minimum absolute atomic E-state index is 0.387. The van der Waals surface area contributed by atoms with Crippen LogP contribution in [0.3, 0.4) is 0 Å². The monoisotopic (exact) mass is 350 g/mol. The van der Waals surface area contributed by atoms with Crippen molar-refractivity contribution in [3.05, 3.63) is 48.2 Å². The van der Waals surface area contributed by atoms with Gasteiger partial charge in [0, 0.05) is 37.6 Å². The molecule has 1 aliphatic heterocycles. The zero-order valence-electron chi connectivity index (χ0n) is 15.8. The number of piperidine rings is 1. The minimum atomic E-state index is 0.387. The lowest BCUT2D eigenvalue weighted by Gasteiger charge is -2.33. The van der Waals surface area contributed by atoms with E-state index in [9.17, 15) is 0 Å². The quantitative estimate of drug-likeness (QED) is 0.724. The molecule has 0 spiro atoms. The molecule has 26 heavy (non-hydrogen) atoms. The van der Waals surface area contributed by atoms with Crippen LogP contribution in [0.2, 0.25) is 0 Å². The molecule has 0 N–H and O–H groups in total. The summed E-state index contributed by atoms with van der Waals surface area (Å²) in [5.41, 5.74) is 0. The lowest BCUT2D eigenvalue weighted by molar-refractivity contribution is 0.382. The van der Waals surface area contributed by atoms with Crippen molar-refractivity contribution in [1.29, 1.82) is 0 Å². The van der Waals surface area contributed by atoms with Crippen molar-refractivity contribution >= 4 is 16.6 Å². The number of hydrogen-bond donors (Lipinski definition) is 0. The number of benzene rings is 1. The third-order valence-electron chi connectivity index (χ3n) is 5.20. The summed E-state index contributed by atoms with van der Waals surface area (Å²) in [7, 11) is 6.20. The molecule has 0 unspecified atom stereocenters. The second-order valence-corrected chi connectivity index (χ2v) is 7.41. The SMILES string of the molecule is CN(C)Cc1nnc([C@@H]2CCCN(c3nccc4ccccc34)C2)n1C. The number of hydrogen-bond acceptors (Lipinski definition) is 5. The van der Waals surface area contributed by atoms with Crippen molar-refractivity contribution < 1.29 is 0 Å².